The van der Waals surface area contributed by atoms with Crippen molar-refractivity contribution in [2.24, 2.45) is 23.7 Å². The highest BCUT2D eigenvalue weighted by atomic mass is 16.4. The van der Waals surface area contributed by atoms with Crippen molar-refractivity contribution in [3.8, 4) is 0 Å². The molecule has 0 aromatic heterocycles. The second-order valence-corrected chi connectivity index (χ2v) is 5.95. The van der Waals surface area contributed by atoms with E-state index in [0.29, 0.717) is 17.7 Å². The maximum absolute atomic E-state index is 12.5. The summed E-state index contributed by atoms with van der Waals surface area (Å²) in [5.74, 6) is -3.14. The van der Waals surface area contributed by atoms with Crippen LogP contribution >= 0.6 is 0 Å². The second kappa shape index (κ2) is 5.40. The van der Waals surface area contributed by atoms with Crippen molar-refractivity contribution in [2.45, 2.75) is 13.3 Å². The normalized spacial score (nSPS) is 28.6. The van der Waals surface area contributed by atoms with Gasteiger partial charge in [-0.3, -0.25) is 9.59 Å². The zero-order chi connectivity index (χ0) is 15.9. The lowest BCUT2D eigenvalue weighted by Gasteiger charge is -2.27. The van der Waals surface area contributed by atoms with Gasteiger partial charge in [0.2, 0.25) is 5.91 Å². The summed E-state index contributed by atoms with van der Waals surface area (Å²) in [6.07, 6.45) is 4.47. The first kappa shape index (κ1) is 14.5. The van der Waals surface area contributed by atoms with Gasteiger partial charge in [0, 0.05) is 23.1 Å². The molecule has 1 fully saturated rings. The molecule has 2 aliphatic rings. The Morgan fingerprint density at radius 2 is 1.82 bits per heavy atom. The van der Waals surface area contributed by atoms with Crippen molar-refractivity contribution < 1.29 is 19.5 Å². The predicted octanol–water partition coefficient (Wildman–Crippen LogP) is 1.02. The van der Waals surface area contributed by atoms with Crippen LogP contribution in [-0.4, -0.2) is 17.7 Å². The van der Waals surface area contributed by atoms with Gasteiger partial charge >= 0.3 is 0 Å². The summed E-state index contributed by atoms with van der Waals surface area (Å²) in [7, 11) is 0. The van der Waals surface area contributed by atoms with E-state index in [9.17, 15) is 19.5 Å². The van der Waals surface area contributed by atoms with Crippen LogP contribution in [-0.2, 0) is 9.59 Å². The lowest BCUT2D eigenvalue weighted by Crippen LogP contribution is -2.42. The van der Waals surface area contributed by atoms with Crippen LogP contribution < -0.4 is 10.4 Å². The number of carboxylic acids is 1. The number of carbonyl (C=O) groups excluding carboxylic acids is 3. The van der Waals surface area contributed by atoms with Crippen LogP contribution in [0.2, 0.25) is 0 Å². The fourth-order valence-electron chi connectivity index (χ4n) is 3.54. The fourth-order valence-corrected chi connectivity index (χ4v) is 3.54. The van der Waals surface area contributed by atoms with Crippen molar-refractivity contribution in [3.63, 3.8) is 0 Å². The molecule has 5 nitrogen and oxygen atoms in total. The first-order chi connectivity index (χ1) is 10.5. The van der Waals surface area contributed by atoms with Gasteiger partial charge in [-0.2, -0.15) is 0 Å². The summed E-state index contributed by atoms with van der Waals surface area (Å²) < 4.78 is 0. The minimum absolute atomic E-state index is 0.0520. The van der Waals surface area contributed by atoms with Crippen LogP contribution in [0, 0.1) is 23.7 Å². The summed E-state index contributed by atoms with van der Waals surface area (Å²) in [6, 6.07) is 6.63. The zero-order valence-corrected chi connectivity index (χ0v) is 12.1. The number of fused-ring (bicyclic) bond motifs is 2. The van der Waals surface area contributed by atoms with Crippen LogP contribution in [0.3, 0.4) is 0 Å². The minimum atomic E-state index is -1.17. The summed E-state index contributed by atoms with van der Waals surface area (Å²) in [4.78, 5) is 35.2. The SMILES string of the molecule is CC(=O)c1cccc(NC(=O)[C@@H]2[C@@H](C(=O)[O-])[C@H]3C=C[C@@H]2C3)c1. The van der Waals surface area contributed by atoms with Crippen LogP contribution in [0.15, 0.2) is 36.4 Å². The highest BCUT2D eigenvalue weighted by molar-refractivity contribution is 5.99. The number of hydrogen-bond acceptors (Lipinski definition) is 4. The number of anilines is 1. The van der Waals surface area contributed by atoms with Gasteiger partial charge in [0.25, 0.3) is 0 Å². The molecular weight excluding hydrogens is 282 g/mol. The lowest BCUT2D eigenvalue weighted by atomic mass is 9.82. The highest BCUT2D eigenvalue weighted by Gasteiger charge is 2.48. The Hall–Kier alpha value is -2.43. The number of carbonyl (C=O) groups is 3. The molecule has 1 aromatic rings. The summed E-state index contributed by atoms with van der Waals surface area (Å²) >= 11 is 0. The number of ketones is 1. The van der Waals surface area contributed by atoms with E-state index in [-0.39, 0.29) is 23.5 Å². The monoisotopic (exact) mass is 298 g/mol. The Kier molecular flexibility index (Phi) is 3.56. The third kappa shape index (κ3) is 2.43. The van der Waals surface area contributed by atoms with Crippen LogP contribution in [0.4, 0.5) is 5.69 Å². The average molecular weight is 298 g/mol. The van der Waals surface area contributed by atoms with Crippen LogP contribution in [0.1, 0.15) is 23.7 Å². The molecule has 0 heterocycles. The van der Waals surface area contributed by atoms with Gasteiger partial charge in [-0.25, -0.2) is 0 Å². The summed E-state index contributed by atoms with van der Waals surface area (Å²) in [5, 5.41) is 14.1. The van der Waals surface area contributed by atoms with E-state index in [1.165, 1.54) is 6.92 Å². The molecule has 114 valence electrons. The Bertz CT molecular complexity index is 679. The number of Topliss-reactive ketones (excluding diaryl/α,β-unsaturated/α-hetero) is 1. The molecule has 2 bridgehead atoms. The third-order valence-electron chi connectivity index (χ3n) is 4.57. The second-order valence-electron chi connectivity index (χ2n) is 5.95. The van der Waals surface area contributed by atoms with Crippen molar-refractivity contribution in [1.82, 2.24) is 0 Å². The van der Waals surface area contributed by atoms with Crippen molar-refractivity contribution in [1.29, 1.82) is 0 Å². The van der Waals surface area contributed by atoms with E-state index in [4.69, 9.17) is 0 Å². The molecule has 22 heavy (non-hydrogen) atoms. The molecule has 0 unspecified atom stereocenters. The largest absolute Gasteiger partial charge is 0.550 e. The number of aliphatic carboxylic acids is 1. The maximum atomic E-state index is 12.5. The molecule has 0 aliphatic heterocycles. The predicted molar refractivity (Wildman–Crippen MR) is 77.8 cm³/mol. The van der Waals surface area contributed by atoms with E-state index < -0.39 is 17.8 Å². The van der Waals surface area contributed by atoms with Crippen molar-refractivity contribution >= 4 is 23.3 Å². The van der Waals surface area contributed by atoms with E-state index in [1.54, 1.807) is 24.3 Å². The Labute approximate surface area is 128 Å². The van der Waals surface area contributed by atoms with E-state index in [0.717, 1.165) is 0 Å². The maximum Gasteiger partial charge on any atom is 0.228 e. The fraction of sp³-hybridized carbons (Fsp3) is 0.353. The summed E-state index contributed by atoms with van der Waals surface area (Å²) in [6.45, 7) is 1.45. The quantitative estimate of drug-likeness (QED) is 0.664. The molecule has 1 N–H and O–H groups in total. The van der Waals surface area contributed by atoms with Gasteiger partial charge in [-0.05, 0) is 37.3 Å². The molecule has 5 heteroatoms. The summed E-state index contributed by atoms with van der Waals surface area (Å²) in [5.41, 5.74) is 1.00. The van der Waals surface area contributed by atoms with Gasteiger partial charge in [-0.15, -0.1) is 0 Å². The molecule has 1 saturated carbocycles. The molecular formula is C17H16NO4-. The van der Waals surface area contributed by atoms with Gasteiger partial charge in [0.15, 0.2) is 5.78 Å². The number of rotatable bonds is 4. The molecule has 1 amide bonds. The molecule has 2 aliphatic carbocycles. The molecule has 0 radical (unpaired) electrons. The number of amides is 1. The van der Waals surface area contributed by atoms with Gasteiger partial charge in [0.05, 0.1) is 5.92 Å². The molecule has 0 saturated heterocycles. The van der Waals surface area contributed by atoms with Crippen molar-refractivity contribution in [2.75, 3.05) is 5.32 Å². The van der Waals surface area contributed by atoms with Crippen LogP contribution in [0.25, 0.3) is 0 Å². The molecule has 3 rings (SSSR count). The van der Waals surface area contributed by atoms with E-state index in [2.05, 4.69) is 5.32 Å². The highest BCUT2D eigenvalue weighted by Crippen LogP contribution is 2.48. The lowest BCUT2D eigenvalue weighted by molar-refractivity contribution is -0.313. The van der Waals surface area contributed by atoms with Crippen molar-refractivity contribution in [3.05, 3.63) is 42.0 Å². The average Bonchev–Trinajstić information content (AvgIpc) is 3.07. The zero-order valence-electron chi connectivity index (χ0n) is 12.1. The molecule has 0 spiro atoms. The van der Waals surface area contributed by atoms with E-state index in [1.807, 2.05) is 12.2 Å². The number of nitrogens with one attached hydrogen (secondary N) is 1. The smallest absolute Gasteiger partial charge is 0.228 e. The molecule has 4 atom stereocenters. The number of benzene rings is 1. The Morgan fingerprint density at radius 3 is 2.45 bits per heavy atom. The Morgan fingerprint density at radius 1 is 1.14 bits per heavy atom. The number of hydrogen-bond donors (Lipinski definition) is 1. The minimum Gasteiger partial charge on any atom is -0.550 e. The van der Waals surface area contributed by atoms with Gasteiger partial charge < -0.3 is 15.2 Å². The standard InChI is InChI=1S/C17H17NO4/c1-9(19)10-3-2-4-13(8-10)18-16(20)14-11-5-6-12(7-11)15(14)17(21)22/h2-6,8,11-12,14-15H,7H2,1H3,(H,18,20)(H,21,22)/p-1/t11-,12+,14+,15+/m1/s1. The third-order valence-corrected chi connectivity index (χ3v) is 4.57. The van der Waals surface area contributed by atoms with Gasteiger partial charge in [-0.1, -0.05) is 24.3 Å². The Balaban J connectivity index is 1.80. The number of carboxylic acid groups (broad SMARTS) is 1. The first-order valence-corrected chi connectivity index (χ1v) is 7.28. The van der Waals surface area contributed by atoms with E-state index >= 15 is 0 Å². The first-order valence-electron chi connectivity index (χ1n) is 7.28. The number of allylic oxidation sites excluding steroid dienone is 2. The van der Waals surface area contributed by atoms with Gasteiger partial charge in [0.1, 0.15) is 0 Å². The topological polar surface area (TPSA) is 86.3 Å². The van der Waals surface area contributed by atoms with Crippen LogP contribution in [0.5, 0.6) is 0 Å². The molecule has 1 aromatic carbocycles.